The Hall–Kier alpha value is -0.320. The minimum Gasteiger partial charge on any atom is -0.207 e. The first-order valence-electron chi connectivity index (χ1n) is 2.76. The molecule has 1 aromatic rings. The third kappa shape index (κ3) is 2.65. The fourth-order valence-corrected chi connectivity index (χ4v) is 1.38. The van der Waals surface area contributed by atoms with E-state index in [1.807, 2.05) is 22.6 Å². The highest BCUT2D eigenvalue weighted by molar-refractivity contribution is 14.1. The number of hydrogen-bond donors (Lipinski definition) is 0. The van der Waals surface area contributed by atoms with Gasteiger partial charge in [0, 0.05) is 9.64 Å². The number of hydrogen-bond acceptors (Lipinski definition) is 2. The van der Waals surface area contributed by atoms with E-state index < -0.39 is 0 Å². The Bertz CT molecular complexity index is 300. The molecule has 1 rings (SSSR count). The molecule has 0 atom stereocenters. The minimum atomic E-state index is -0.305. The Labute approximate surface area is 82.5 Å². The van der Waals surface area contributed by atoms with E-state index in [0.29, 0.717) is 5.69 Å². The van der Waals surface area contributed by atoms with Crippen molar-refractivity contribution in [3.8, 4) is 0 Å². The summed E-state index contributed by atoms with van der Waals surface area (Å²) in [7, 11) is 0. The summed E-state index contributed by atoms with van der Waals surface area (Å²) in [6.45, 7) is 0. The SMILES string of the molecule is Fc1cc(I)cc(N=C=S)c1. The monoisotopic (exact) mass is 279 g/mol. The fourth-order valence-electron chi connectivity index (χ4n) is 0.657. The fraction of sp³-hybridized carbons (Fsp3) is 0. The van der Waals surface area contributed by atoms with Crippen LogP contribution in [0.2, 0.25) is 0 Å². The van der Waals surface area contributed by atoms with Gasteiger partial charge in [-0.25, -0.2) is 4.39 Å². The average molecular weight is 279 g/mol. The third-order valence-electron chi connectivity index (χ3n) is 1.02. The lowest BCUT2D eigenvalue weighted by atomic mass is 10.3. The van der Waals surface area contributed by atoms with Crippen molar-refractivity contribution in [3.05, 3.63) is 27.6 Å². The predicted molar refractivity (Wildman–Crippen MR) is 53.8 cm³/mol. The van der Waals surface area contributed by atoms with Gasteiger partial charge in [0.2, 0.25) is 0 Å². The molecule has 0 amide bonds. The van der Waals surface area contributed by atoms with Crippen molar-refractivity contribution < 1.29 is 4.39 Å². The van der Waals surface area contributed by atoms with Crippen LogP contribution in [0.5, 0.6) is 0 Å². The van der Waals surface area contributed by atoms with Gasteiger partial charge in [0.25, 0.3) is 0 Å². The van der Waals surface area contributed by atoms with Crippen LogP contribution >= 0.6 is 34.8 Å². The molecule has 0 aromatic heterocycles. The summed E-state index contributed by atoms with van der Waals surface area (Å²) in [4.78, 5) is 3.65. The summed E-state index contributed by atoms with van der Waals surface area (Å²) >= 11 is 6.39. The van der Waals surface area contributed by atoms with Crippen molar-refractivity contribution in [2.75, 3.05) is 0 Å². The average Bonchev–Trinajstić information content (AvgIpc) is 1.85. The maximum Gasteiger partial charge on any atom is 0.126 e. The molecule has 0 N–H and O–H groups in total. The van der Waals surface area contributed by atoms with Crippen LogP contribution in [0, 0.1) is 9.39 Å². The molecule has 0 bridgehead atoms. The van der Waals surface area contributed by atoms with Crippen LogP contribution < -0.4 is 0 Å². The standard InChI is InChI=1S/C7H3FINS/c8-5-1-6(9)3-7(2-5)10-4-11/h1-3H. The number of aliphatic imine (C=N–C) groups is 1. The van der Waals surface area contributed by atoms with E-state index in [4.69, 9.17) is 0 Å². The Kier molecular flexibility index (Phi) is 3.11. The molecule has 11 heavy (non-hydrogen) atoms. The number of halogens is 2. The van der Waals surface area contributed by atoms with Crippen molar-refractivity contribution in [2.24, 2.45) is 4.99 Å². The normalized spacial score (nSPS) is 8.91. The van der Waals surface area contributed by atoms with Crippen LogP contribution in [-0.4, -0.2) is 5.16 Å². The molecule has 1 nitrogen and oxygen atoms in total. The van der Waals surface area contributed by atoms with E-state index in [1.165, 1.54) is 12.1 Å². The summed E-state index contributed by atoms with van der Waals surface area (Å²) < 4.78 is 13.4. The first kappa shape index (κ1) is 8.77. The Morgan fingerprint density at radius 1 is 1.45 bits per heavy atom. The van der Waals surface area contributed by atoms with E-state index >= 15 is 0 Å². The molecular weight excluding hydrogens is 276 g/mol. The molecular formula is C7H3FINS. The molecule has 1 aromatic carbocycles. The molecule has 0 aliphatic heterocycles. The summed E-state index contributed by atoms with van der Waals surface area (Å²) in [6, 6.07) is 4.45. The summed E-state index contributed by atoms with van der Waals surface area (Å²) in [5, 5.41) is 2.18. The Morgan fingerprint density at radius 3 is 2.73 bits per heavy atom. The van der Waals surface area contributed by atoms with E-state index in [2.05, 4.69) is 22.4 Å². The number of benzene rings is 1. The second-order valence-electron chi connectivity index (χ2n) is 1.83. The lowest BCUT2D eigenvalue weighted by molar-refractivity contribution is 0.627. The van der Waals surface area contributed by atoms with Crippen LogP contribution in [0.25, 0.3) is 0 Å². The van der Waals surface area contributed by atoms with Crippen LogP contribution in [0.1, 0.15) is 0 Å². The first-order chi connectivity index (χ1) is 5.22. The largest absolute Gasteiger partial charge is 0.207 e. The highest BCUT2D eigenvalue weighted by Crippen LogP contribution is 2.17. The molecule has 4 heteroatoms. The van der Waals surface area contributed by atoms with Crippen LogP contribution in [0.3, 0.4) is 0 Å². The molecule has 0 saturated carbocycles. The van der Waals surface area contributed by atoms with E-state index in [9.17, 15) is 4.39 Å². The van der Waals surface area contributed by atoms with Gasteiger partial charge in [-0.05, 0) is 46.9 Å². The van der Waals surface area contributed by atoms with Gasteiger partial charge in [-0.2, -0.15) is 4.99 Å². The zero-order valence-corrected chi connectivity index (χ0v) is 8.32. The van der Waals surface area contributed by atoms with E-state index in [1.54, 1.807) is 6.07 Å². The Morgan fingerprint density at radius 2 is 2.18 bits per heavy atom. The zero-order chi connectivity index (χ0) is 8.27. The van der Waals surface area contributed by atoms with Crippen LogP contribution in [-0.2, 0) is 0 Å². The molecule has 0 aliphatic rings. The van der Waals surface area contributed by atoms with Crippen molar-refractivity contribution in [1.82, 2.24) is 0 Å². The van der Waals surface area contributed by atoms with Gasteiger partial charge in [0.15, 0.2) is 0 Å². The maximum atomic E-state index is 12.6. The smallest absolute Gasteiger partial charge is 0.126 e. The van der Waals surface area contributed by atoms with Gasteiger partial charge in [-0.15, -0.1) is 0 Å². The molecule has 0 heterocycles. The molecule has 0 saturated heterocycles. The molecule has 0 radical (unpaired) electrons. The van der Waals surface area contributed by atoms with Crippen LogP contribution in [0.15, 0.2) is 23.2 Å². The van der Waals surface area contributed by atoms with Gasteiger partial charge < -0.3 is 0 Å². The molecule has 0 unspecified atom stereocenters. The molecule has 56 valence electrons. The lowest BCUT2D eigenvalue weighted by Gasteiger charge is -1.92. The highest BCUT2D eigenvalue weighted by Gasteiger charge is 1.95. The van der Waals surface area contributed by atoms with Crippen molar-refractivity contribution >= 4 is 45.7 Å². The minimum absolute atomic E-state index is 0.305. The number of nitrogens with zero attached hydrogens (tertiary/aromatic N) is 1. The van der Waals surface area contributed by atoms with Gasteiger partial charge >= 0.3 is 0 Å². The molecule has 0 spiro atoms. The van der Waals surface area contributed by atoms with Crippen LogP contribution in [0.4, 0.5) is 10.1 Å². The van der Waals surface area contributed by atoms with Crippen molar-refractivity contribution in [3.63, 3.8) is 0 Å². The van der Waals surface area contributed by atoms with Gasteiger partial charge in [-0.1, -0.05) is 0 Å². The van der Waals surface area contributed by atoms with Crippen molar-refractivity contribution in [2.45, 2.75) is 0 Å². The number of rotatable bonds is 1. The Balaban J connectivity index is 3.18. The number of thiocarbonyl (C=S) groups is 1. The summed E-state index contributed by atoms with van der Waals surface area (Å²) in [5.41, 5.74) is 0.504. The highest BCUT2D eigenvalue weighted by atomic mass is 127. The zero-order valence-electron chi connectivity index (χ0n) is 5.34. The second kappa shape index (κ2) is 3.90. The molecule has 0 aliphatic carbocycles. The summed E-state index contributed by atoms with van der Waals surface area (Å²) in [5.74, 6) is -0.305. The lowest BCUT2D eigenvalue weighted by Crippen LogP contribution is -1.75. The maximum absolute atomic E-state index is 12.6. The van der Waals surface area contributed by atoms with Gasteiger partial charge in [-0.3, -0.25) is 0 Å². The predicted octanol–water partition coefficient (Wildman–Crippen LogP) is 3.16. The third-order valence-corrected chi connectivity index (χ3v) is 1.74. The summed E-state index contributed by atoms with van der Waals surface area (Å²) in [6.07, 6.45) is 0. The number of isothiocyanates is 1. The second-order valence-corrected chi connectivity index (χ2v) is 3.26. The van der Waals surface area contributed by atoms with Gasteiger partial charge in [0.05, 0.1) is 10.8 Å². The first-order valence-corrected chi connectivity index (χ1v) is 4.25. The van der Waals surface area contributed by atoms with Gasteiger partial charge in [0.1, 0.15) is 5.82 Å². The topological polar surface area (TPSA) is 12.4 Å². The quantitative estimate of drug-likeness (QED) is 0.437. The molecule has 0 fully saturated rings. The van der Waals surface area contributed by atoms with E-state index in [0.717, 1.165) is 3.57 Å². The van der Waals surface area contributed by atoms with E-state index in [-0.39, 0.29) is 5.82 Å². The van der Waals surface area contributed by atoms with Crippen molar-refractivity contribution in [1.29, 1.82) is 0 Å².